The van der Waals surface area contributed by atoms with Crippen LogP contribution in [0.4, 0.5) is 0 Å². The van der Waals surface area contributed by atoms with Gasteiger partial charge in [0.15, 0.2) is 0 Å². The first-order valence-electron chi connectivity index (χ1n) is 6.84. The van der Waals surface area contributed by atoms with Crippen LogP contribution >= 0.6 is 0 Å². The molecule has 0 heterocycles. The van der Waals surface area contributed by atoms with Gasteiger partial charge in [-0.1, -0.05) is 20.8 Å². The lowest BCUT2D eigenvalue weighted by atomic mass is 9.75. The molecule has 3 heteroatoms. The summed E-state index contributed by atoms with van der Waals surface area (Å²) in [4.78, 5) is 12.2. The minimum atomic E-state index is -0.396. The number of nitrogens with one attached hydrogen (secondary N) is 1. The van der Waals surface area contributed by atoms with E-state index in [9.17, 15) is 4.79 Å². The molecule has 0 aromatic heterocycles. The van der Waals surface area contributed by atoms with Gasteiger partial charge in [0, 0.05) is 12.6 Å². The van der Waals surface area contributed by atoms with Gasteiger partial charge in [0.25, 0.3) is 0 Å². The SMILES string of the molecule is CCC(C)(CN)C(=O)NC1CCC(C)(C)CC1. The van der Waals surface area contributed by atoms with E-state index < -0.39 is 5.41 Å². The minimum absolute atomic E-state index is 0.132. The van der Waals surface area contributed by atoms with E-state index in [1.54, 1.807) is 0 Å². The summed E-state index contributed by atoms with van der Waals surface area (Å²) < 4.78 is 0. The zero-order valence-electron chi connectivity index (χ0n) is 11.8. The van der Waals surface area contributed by atoms with Crippen molar-refractivity contribution in [3.8, 4) is 0 Å². The molecule has 0 spiro atoms. The molecule has 0 bridgehead atoms. The molecule has 1 fully saturated rings. The average molecular weight is 240 g/mol. The maximum Gasteiger partial charge on any atom is 0.227 e. The molecule has 0 aliphatic heterocycles. The first kappa shape index (κ1) is 14.5. The summed E-state index contributed by atoms with van der Waals surface area (Å²) in [6.45, 7) is 9.02. The molecular weight excluding hydrogens is 212 g/mol. The predicted octanol–water partition coefficient (Wildman–Crippen LogP) is 2.45. The van der Waals surface area contributed by atoms with Crippen LogP contribution < -0.4 is 11.1 Å². The Bertz CT molecular complexity index is 259. The van der Waals surface area contributed by atoms with Gasteiger partial charge < -0.3 is 11.1 Å². The molecule has 3 nitrogen and oxygen atoms in total. The second kappa shape index (κ2) is 5.38. The van der Waals surface area contributed by atoms with Crippen molar-refractivity contribution in [3.63, 3.8) is 0 Å². The number of carbonyl (C=O) groups excluding carboxylic acids is 1. The fourth-order valence-corrected chi connectivity index (χ4v) is 2.30. The first-order chi connectivity index (χ1) is 7.83. The lowest BCUT2D eigenvalue weighted by Gasteiger charge is -2.36. The first-order valence-corrected chi connectivity index (χ1v) is 6.84. The Morgan fingerprint density at radius 2 is 1.94 bits per heavy atom. The third kappa shape index (κ3) is 3.70. The molecular formula is C14H28N2O. The Morgan fingerprint density at radius 1 is 1.41 bits per heavy atom. The van der Waals surface area contributed by atoms with E-state index in [0.29, 0.717) is 18.0 Å². The number of hydrogen-bond acceptors (Lipinski definition) is 2. The van der Waals surface area contributed by atoms with Crippen LogP contribution in [-0.4, -0.2) is 18.5 Å². The number of rotatable bonds is 4. The number of hydrogen-bond donors (Lipinski definition) is 2. The van der Waals surface area contributed by atoms with E-state index in [1.165, 1.54) is 12.8 Å². The average Bonchev–Trinajstić information content (AvgIpc) is 2.30. The quantitative estimate of drug-likeness (QED) is 0.793. The molecule has 100 valence electrons. The summed E-state index contributed by atoms with van der Waals surface area (Å²) in [6, 6.07) is 0.355. The van der Waals surface area contributed by atoms with Crippen LogP contribution in [0.3, 0.4) is 0 Å². The minimum Gasteiger partial charge on any atom is -0.353 e. The summed E-state index contributed by atoms with van der Waals surface area (Å²) >= 11 is 0. The van der Waals surface area contributed by atoms with Crippen molar-refractivity contribution in [2.24, 2.45) is 16.6 Å². The molecule has 1 aliphatic carbocycles. The van der Waals surface area contributed by atoms with Crippen molar-refractivity contribution in [2.45, 2.75) is 65.8 Å². The lowest BCUT2D eigenvalue weighted by Crippen LogP contribution is -2.48. The van der Waals surface area contributed by atoms with Crippen LogP contribution in [0, 0.1) is 10.8 Å². The van der Waals surface area contributed by atoms with Gasteiger partial charge in [-0.05, 0) is 44.4 Å². The molecule has 17 heavy (non-hydrogen) atoms. The van der Waals surface area contributed by atoms with Crippen LogP contribution in [0.2, 0.25) is 0 Å². The monoisotopic (exact) mass is 240 g/mol. The molecule has 1 unspecified atom stereocenters. The molecule has 0 saturated heterocycles. The summed E-state index contributed by atoms with van der Waals surface area (Å²) in [5.41, 5.74) is 5.76. The lowest BCUT2D eigenvalue weighted by molar-refractivity contribution is -0.131. The molecule has 3 N–H and O–H groups in total. The van der Waals surface area contributed by atoms with Crippen LogP contribution in [0.25, 0.3) is 0 Å². The van der Waals surface area contributed by atoms with Gasteiger partial charge in [-0.2, -0.15) is 0 Å². The molecule has 1 rings (SSSR count). The smallest absolute Gasteiger partial charge is 0.227 e. The Labute approximate surface area is 106 Å². The summed E-state index contributed by atoms with van der Waals surface area (Å²) in [5.74, 6) is 0.132. The highest BCUT2D eigenvalue weighted by atomic mass is 16.2. The topological polar surface area (TPSA) is 55.1 Å². The second-order valence-electron chi connectivity index (χ2n) is 6.53. The maximum absolute atomic E-state index is 12.2. The highest BCUT2D eigenvalue weighted by Crippen LogP contribution is 2.35. The van der Waals surface area contributed by atoms with Gasteiger partial charge in [0.1, 0.15) is 0 Å². The van der Waals surface area contributed by atoms with Crippen LogP contribution in [0.15, 0.2) is 0 Å². The van der Waals surface area contributed by atoms with Crippen molar-refractivity contribution in [3.05, 3.63) is 0 Å². The molecule has 1 saturated carbocycles. The Hall–Kier alpha value is -0.570. The third-order valence-corrected chi connectivity index (χ3v) is 4.45. The van der Waals surface area contributed by atoms with Crippen molar-refractivity contribution in [2.75, 3.05) is 6.54 Å². The van der Waals surface area contributed by atoms with Gasteiger partial charge in [0.05, 0.1) is 5.41 Å². The van der Waals surface area contributed by atoms with Crippen molar-refractivity contribution in [1.29, 1.82) is 0 Å². The van der Waals surface area contributed by atoms with Gasteiger partial charge in [-0.25, -0.2) is 0 Å². The molecule has 1 atom stereocenters. The van der Waals surface area contributed by atoms with Crippen molar-refractivity contribution >= 4 is 5.91 Å². The number of amides is 1. The summed E-state index contributed by atoms with van der Waals surface area (Å²) in [7, 11) is 0. The van der Waals surface area contributed by atoms with Crippen LogP contribution in [-0.2, 0) is 4.79 Å². The zero-order valence-corrected chi connectivity index (χ0v) is 11.8. The van der Waals surface area contributed by atoms with Crippen molar-refractivity contribution < 1.29 is 4.79 Å². The number of nitrogens with two attached hydrogens (primary N) is 1. The molecule has 1 amide bonds. The standard InChI is InChI=1S/C14H28N2O/c1-5-14(4,10-15)12(17)16-11-6-8-13(2,3)9-7-11/h11H,5-10,15H2,1-4H3,(H,16,17). The van der Waals surface area contributed by atoms with Crippen LogP contribution in [0.1, 0.15) is 59.8 Å². The van der Waals surface area contributed by atoms with Gasteiger partial charge in [-0.15, -0.1) is 0 Å². The Morgan fingerprint density at radius 3 is 2.35 bits per heavy atom. The van der Waals surface area contributed by atoms with Crippen molar-refractivity contribution in [1.82, 2.24) is 5.32 Å². The van der Waals surface area contributed by atoms with E-state index in [-0.39, 0.29) is 5.91 Å². The fourth-order valence-electron chi connectivity index (χ4n) is 2.30. The zero-order chi connectivity index (χ0) is 13.1. The van der Waals surface area contributed by atoms with E-state index in [2.05, 4.69) is 19.2 Å². The number of carbonyl (C=O) groups is 1. The van der Waals surface area contributed by atoms with E-state index in [0.717, 1.165) is 19.3 Å². The maximum atomic E-state index is 12.2. The van der Waals surface area contributed by atoms with Gasteiger partial charge in [0.2, 0.25) is 5.91 Å². The predicted molar refractivity (Wildman–Crippen MR) is 71.6 cm³/mol. The van der Waals surface area contributed by atoms with Crippen LogP contribution in [0.5, 0.6) is 0 Å². The summed E-state index contributed by atoms with van der Waals surface area (Å²) in [6.07, 6.45) is 5.40. The normalized spacial score (nSPS) is 24.1. The van der Waals surface area contributed by atoms with E-state index >= 15 is 0 Å². The highest BCUT2D eigenvalue weighted by Gasteiger charge is 2.33. The van der Waals surface area contributed by atoms with E-state index in [1.807, 2.05) is 13.8 Å². The molecule has 0 radical (unpaired) electrons. The Kier molecular flexibility index (Phi) is 4.59. The highest BCUT2D eigenvalue weighted by molar-refractivity contribution is 5.82. The van der Waals surface area contributed by atoms with Gasteiger partial charge >= 0.3 is 0 Å². The molecule has 0 aromatic carbocycles. The third-order valence-electron chi connectivity index (χ3n) is 4.45. The molecule has 1 aliphatic rings. The second-order valence-corrected chi connectivity index (χ2v) is 6.53. The largest absolute Gasteiger partial charge is 0.353 e. The van der Waals surface area contributed by atoms with E-state index in [4.69, 9.17) is 5.73 Å². The fraction of sp³-hybridized carbons (Fsp3) is 0.929. The van der Waals surface area contributed by atoms with Gasteiger partial charge in [-0.3, -0.25) is 4.79 Å². The molecule has 0 aromatic rings. The summed E-state index contributed by atoms with van der Waals surface area (Å²) in [5, 5.41) is 3.18. The Balaban J connectivity index is 2.48.